The highest BCUT2D eigenvalue weighted by molar-refractivity contribution is 5.85. The number of rotatable bonds is 4. The van der Waals surface area contributed by atoms with Gasteiger partial charge in [0.15, 0.2) is 0 Å². The van der Waals surface area contributed by atoms with Gasteiger partial charge < -0.3 is 14.8 Å². The molecule has 0 spiro atoms. The minimum absolute atomic E-state index is 0.0805. The van der Waals surface area contributed by atoms with Gasteiger partial charge in [0.1, 0.15) is 0 Å². The van der Waals surface area contributed by atoms with Crippen molar-refractivity contribution in [3.05, 3.63) is 35.9 Å². The molecule has 1 saturated heterocycles. The largest absolute Gasteiger partial charge is 0.550 e. The lowest BCUT2D eigenvalue weighted by Gasteiger charge is -2.16. The maximum absolute atomic E-state index is 11.5. The predicted octanol–water partition coefficient (Wildman–Crippen LogP) is -0.172. The Morgan fingerprint density at radius 3 is 2.65 bits per heavy atom. The quantitative estimate of drug-likeness (QED) is 0.724. The molecular formula is C13H14NO3-. The van der Waals surface area contributed by atoms with Gasteiger partial charge in [-0.25, -0.2) is 0 Å². The first kappa shape index (κ1) is 11.6. The van der Waals surface area contributed by atoms with Crippen LogP contribution in [0.2, 0.25) is 0 Å². The van der Waals surface area contributed by atoms with E-state index in [-0.39, 0.29) is 18.9 Å². The van der Waals surface area contributed by atoms with Crippen molar-refractivity contribution in [3.63, 3.8) is 0 Å². The highest BCUT2D eigenvalue weighted by atomic mass is 16.4. The summed E-state index contributed by atoms with van der Waals surface area (Å²) in [5, 5.41) is 10.7. The van der Waals surface area contributed by atoms with Crippen LogP contribution < -0.4 is 5.11 Å². The molecule has 1 fully saturated rings. The number of likely N-dealkylation sites (tertiary alicyclic amines) is 1. The first-order valence-corrected chi connectivity index (χ1v) is 5.69. The van der Waals surface area contributed by atoms with Crippen molar-refractivity contribution in [2.45, 2.75) is 12.8 Å². The number of nitrogens with zero attached hydrogens (tertiary/aromatic N) is 1. The average Bonchev–Trinajstić information content (AvgIpc) is 2.70. The smallest absolute Gasteiger partial charge is 0.223 e. The number of benzene rings is 1. The molecule has 1 aliphatic heterocycles. The molecule has 0 unspecified atom stereocenters. The predicted molar refractivity (Wildman–Crippen MR) is 59.8 cm³/mol. The summed E-state index contributed by atoms with van der Waals surface area (Å²) in [7, 11) is 0. The van der Waals surface area contributed by atoms with Crippen LogP contribution >= 0.6 is 0 Å². The van der Waals surface area contributed by atoms with Gasteiger partial charge >= 0.3 is 0 Å². The van der Waals surface area contributed by atoms with Gasteiger partial charge in [0.25, 0.3) is 0 Å². The monoisotopic (exact) mass is 232 g/mol. The van der Waals surface area contributed by atoms with Gasteiger partial charge in [0.2, 0.25) is 5.91 Å². The van der Waals surface area contributed by atoms with Gasteiger partial charge in [-0.05, 0) is 12.0 Å². The van der Waals surface area contributed by atoms with Crippen LogP contribution in [-0.2, 0) is 16.0 Å². The maximum Gasteiger partial charge on any atom is 0.223 e. The molecule has 2 rings (SSSR count). The Labute approximate surface area is 99.9 Å². The topological polar surface area (TPSA) is 60.4 Å². The molecule has 4 heteroatoms. The highest BCUT2D eigenvalue weighted by Gasteiger charge is 2.29. The summed E-state index contributed by atoms with van der Waals surface area (Å²) < 4.78 is 0. The molecule has 1 amide bonds. The number of carbonyl (C=O) groups is 2. The van der Waals surface area contributed by atoms with Crippen molar-refractivity contribution in [3.8, 4) is 0 Å². The maximum atomic E-state index is 11.5. The standard InChI is InChI=1S/C13H15NO3/c15-12-8-11(13(16)17)9-14(12)7-6-10-4-2-1-3-5-10/h1-5,11H,6-9H2,(H,16,17)/p-1/t11-/m0/s1. The first-order valence-electron chi connectivity index (χ1n) is 5.69. The molecule has 0 N–H and O–H groups in total. The van der Waals surface area contributed by atoms with E-state index in [1.807, 2.05) is 30.3 Å². The Bertz CT molecular complexity index is 416. The Hall–Kier alpha value is -1.84. The Balaban J connectivity index is 1.88. The lowest BCUT2D eigenvalue weighted by Crippen LogP contribution is -2.34. The van der Waals surface area contributed by atoms with E-state index in [2.05, 4.69) is 0 Å². The fourth-order valence-electron chi connectivity index (χ4n) is 2.05. The summed E-state index contributed by atoms with van der Waals surface area (Å²) in [5.74, 6) is -1.85. The van der Waals surface area contributed by atoms with Gasteiger partial charge in [-0.2, -0.15) is 0 Å². The van der Waals surface area contributed by atoms with E-state index in [9.17, 15) is 14.7 Å². The number of carboxylic acid groups (broad SMARTS) is 1. The van der Waals surface area contributed by atoms with Crippen molar-refractivity contribution in [1.82, 2.24) is 4.90 Å². The number of hydrogen-bond donors (Lipinski definition) is 0. The van der Waals surface area contributed by atoms with Crippen LogP contribution in [0.1, 0.15) is 12.0 Å². The van der Waals surface area contributed by atoms with Gasteiger partial charge in [-0.15, -0.1) is 0 Å². The summed E-state index contributed by atoms with van der Waals surface area (Å²) in [4.78, 5) is 23.8. The van der Waals surface area contributed by atoms with Crippen molar-refractivity contribution in [2.24, 2.45) is 5.92 Å². The first-order chi connectivity index (χ1) is 8.16. The summed E-state index contributed by atoms with van der Waals surface area (Å²) in [6.45, 7) is 0.862. The number of amides is 1. The molecule has 0 saturated carbocycles. The van der Waals surface area contributed by atoms with Gasteiger partial charge in [-0.3, -0.25) is 4.79 Å². The zero-order chi connectivity index (χ0) is 12.3. The van der Waals surface area contributed by atoms with E-state index in [1.165, 1.54) is 0 Å². The second-order valence-corrected chi connectivity index (χ2v) is 4.30. The van der Waals surface area contributed by atoms with Crippen LogP contribution in [0.5, 0.6) is 0 Å². The average molecular weight is 232 g/mol. The van der Waals surface area contributed by atoms with Crippen molar-refractivity contribution < 1.29 is 14.7 Å². The molecule has 0 aromatic heterocycles. The third kappa shape index (κ3) is 2.84. The third-order valence-electron chi connectivity index (χ3n) is 3.06. The normalized spacial score (nSPS) is 19.6. The zero-order valence-corrected chi connectivity index (χ0v) is 9.46. The SMILES string of the molecule is O=C([O-])[C@H]1CC(=O)N(CCc2ccccc2)C1. The number of hydrogen-bond acceptors (Lipinski definition) is 3. The van der Waals surface area contributed by atoms with E-state index >= 15 is 0 Å². The summed E-state index contributed by atoms with van der Waals surface area (Å²) in [5.41, 5.74) is 1.15. The Kier molecular flexibility index (Phi) is 3.42. The molecule has 90 valence electrons. The van der Waals surface area contributed by atoms with Gasteiger partial charge in [-0.1, -0.05) is 30.3 Å². The zero-order valence-electron chi connectivity index (χ0n) is 9.46. The molecule has 1 atom stereocenters. The Morgan fingerprint density at radius 1 is 1.35 bits per heavy atom. The van der Waals surface area contributed by atoms with Crippen molar-refractivity contribution in [2.75, 3.05) is 13.1 Å². The molecule has 1 aromatic rings. The van der Waals surface area contributed by atoms with E-state index in [1.54, 1.807) is 4.90 Å². The highest BCUT2D eigenvalue weighted by Crippen LogP contribution is 2.17. The molecule has 1 aromatic carbocycles. The number of carboxylic acids is 1. The van der Waals surface area contributed by atoms with Crippen LogP contribution in [0.4, 0.5) is 0 Å². The molecule has 1 heterocycles. The van der Waals surface area contributed by atoms with Crippen LogP contribution in [0.15, 0.2) is 30.3 Å². The summed E-state index contributed by atoms with van der Waals surface area (Å²) >= 11 is 0. The van der Waals surface area contributed by atoms with E-state index in [4.69, 9.17) is 0 Å². The molecule has 1 aliphatic rings. The van der Waals surface area contributed by atoms with E-state index < -0.39 is 11.9 Å². The van der Waals surface area contributed by atoms with Crippen LogP contribution in [0, 0.1) is 5.92 Å². The van der Waals surface area contributed by atoms with Crippen LogP contribution in [0.25, 0.3) is 0 Å². The fraction of sp³-hybridized carbons (Fsp3) is 0.385. The molecular weight excluding hydrogens is 218 g/mol. The van der Waals surface area contributed by atoms with E-state index in [0.717, 1.165) is 12.0 Å². The summed E-state index contributed by atoms with van der Waals surface area (Å²) in [6.07, 6.45) is 0.837. The lowest BCUT2D eigenvalue weighted by atomic mass is 10.1. The van der Waals surface area contributed by atoms with Crippen LogP contribution in [0.3, 0.4) is 0 Å². The minimum atomic E-state index is -1.12. The Morgan fingerprint density at radius 2 is 2.06 bits per heavy atom. The second kappa shape index (κ2) is 4.99. The third-order valence-corrected chi connectivity index (χ3v) is 3.06. The minimum Gasteiger partial charge on any atom is -0.550 e. The number of aliphatic carboxylic acids is 1. The summed E-state index contributed by atoms with van der Waals surface area (Å²) in [6, 6.07) is 9.83. The molecule has 0 radical (unpaired) electrons. The lowest BCUT2D eigenvalue weighted by molar-refractivity contribution is -0.311. The van der Waals surface area contributed by atoms with Gasteiger partial charge in [0.05, 0.1) is 0 Å². The second-order valence-electron chi connectivity index (χ2n) is 4.30. The molecule has 4 nitrogen and oxygen atoms in total. The fourth-order valence-corrected chi connectivity index (χ4v) is 2.05. The van der Waals surface area contributed by atoms with Gasteiger partial charge in [0, 0.05) is 31.4 Å². The number of carbonyl (C=O) groups excluding carboxylic acids is 2. The van der Waals surface area contributed by atoms with E-state index in [0.29, 0.717) is 6.54 Å². The van der Waals surface area contributed by atoms with Crippen molar-refractivity contribution >= 4 is 11.9 Å². The van der Waals surface area contributed by atoms with Crippen molar-refractivity contribution in [1.29, 1.82) is 0 Å². The molecule has 0 bridgehead atoms. The van der Waals surface area contributed by atoms with Crippen LogP contribution in [-0.4, -0.2) is 29.9 Å². The molecule has 0 aliphatic carbocycles. The molecule has 17 heavy (non-hydrogen) atoms.